The van der Waals surface area contributed by atoms with Crippen LogP contribution in [0.25, 0.3) is 0 Å². The maximum absolute atomic E-state index is 4.99. The third-order valence-electron chi connectivity index (χ3n) is 5.98. The number of benzene rings is 1. The molecule has 1 aliphatic rings. The molecule has 0 atom stereocenters. The second-order valence-corrected chi connectivity index (χ2v) is 8.12. The Hall–Kier alpha value is -3.35. The molecule has 1 N–H and O–H groups in total. The van der Waals surface area contributed by atoms with Gasteiger partial charge in [-0.3, -0.25) is 4.68 Å². The maximum Gasteiger partial charge on any atom is 0.194 e. The monoisotopic (exact) mass is 431 g/mol. The molecular weight excluding hydrogens is 398 g/mol. The zero-order chi connectivity index (χ0) is 22.3. The van der Waals surface area contributed by atoms with Gasteiger partial charge in [-0.2, -0.15) is 5.10 Å². The summed E-state index contributed by atoms with van der Waals surface area (Å²) in [5, 5.41) is 8.26. The molecule has 7 heteroatoms. The molecule has 168 valence electrons. The lowest BCUT2D eigenvalue weighted by Gasteiger charge is -2.37. The molecule has 0 unspecified atom stereocenters. The number of hydrogen-bond donors (Lipinski definition) is 1. The van der Waals surface area contributed by atoms with E-state index in [0.717, 1.165) is 56.7 Å². The number of piperazine rings is 1. The molecule has 7 nitrogen and oxygen atoms in total. The van der Waals surface area contributed by atoms with Gasteiger partial charge in [-0.15, -0.1) is 0 Å². The molecule has 1 aliphatic heterocycles. The highest BCUT2D eigenvalue weighted by molar-refractivity contribution is 5.80. The van der Waals surface area contributed by atoms with Gasteiger partial charge in [0.05, 0.1) is 18.8 Å². The van der Waals surface area contributed by atoms with E-state index in [4.69, 9.17) is 10.1 Å². The zero-order valence-electron chi connectivity index (χ0n) is 19.3. The van der Waals surface area contributed by atoms with Crippen LogP contribution in [0.15, 0.2) is 59.7 Å². The molecule has 0 spiro atoms. The molecule has 32 heavy (non-hydrogen) atoms. The van der Waals surface area contributed by atoms with E-state index >= 15 is 0 Å². The number of aromatic nitrogens is 3. The highest BCUT2D eigenvalue weighted by Crippen LogP contribution is 2.17. The third kappa shape index (κ3) is 5.10. The van der Waals surface area contributed by atoms with Crippen LogP contribution in [0.3, 0.4) is 0 Å². The number of aliphatic imine (C=N–C) groups is 1. The normalized spacial score (nSPS) is 14.7. The van der Waals surface area contributed by atoms with Crippen LogP contribution in [0.4, 0.5) is 5.82 Å². The first-order valence-corrected chi connectivity index (χ1v) is 11.4. The predicted octanol–water partition coefficient (Wildman–Crippen LogP) is 3.23. The largest absolute Gasteiger partial charge is 0.357 e. The van der Waals surface area contributed by atoms with Gasteiger partial charge in [0.1, 0.15) is 5.82 Å². The molecular formula is C25H33N7. The molecule has 0 aliphatic carbocycles. The lowest BCUT2D eigenvalue weighted by molar-refractivity contribution is 0.371. The highest BCUT2D eigenvalue weighted by Gasteiger charge is 2.21. The predicted molar refractivity (Wildman–Crippen MR) is 130 cm³/mol. The summed E-state index contributed by atoms with van der Waals surface area (Å²) in [7, 11) is 0. The summed E-state index contributed by atoms with van der Waals surface area (Å²) < 4.78 is 2.09. The summed E-state index contributed by atoms with van der Waals surface area (Å²) in [6.07, 6.45) is 1.86. The molecule has 0 radical (unpaired) electrons. The SMILES string of the molecule is CCNC(=NCc1c(C)nn(Cc2ccccc2)c1C)N1CCN(c2ccccn2)CC1. The van der Waals surface area contributed by atoms with Crippen molar-refractivity contribution in [3.8, 4) is 0 Å². The third-order valence-corrected chi connectivity index (χ3v) is 5.98. The Kier molecular flexibility index (Phi) is 7.04. The molecule has 4 rings (SSSR count). The lowest BCUT2D eigenvalue weighted by atomic mass is 10.2. The fraction of sp³-hybridized carbons (Fsp3) is 0.400. The van der Waals surface area contributed by atoms with Gasteiger partial charge in [-0.1, -0.05) is 36.4 Å². The topological polar surface area (TPSA) is 61.6 Å². The fourth-order valence-corrected chi connectivity index (χ4v) is 4.14. The molecule has 2 aromatic heterocycles. The van der Waals surface area contributed by atoms with E-state index in [-0.39, 0.29) is 0 Å². The lowest BCUT2D eigenvalue weighted by Crippen LogP contribution is -2.52. The van der Waals surface area contributed by atoms with Gasteiger partial charge < -0.3 is 15.1 Å². The molecule has 0 saturated carbocycles. The Morgan fingerprint density at radius 3 is 2.44 bits per heavy atom. The average Bonchev–Trinajstić information content (AvgIpc) is 3.10. The Balaban J connectivity index is 1.43. The Labute approximate surface area is 190 Å². The van der Waals surface area contributed by atoms with Crippen molar-refractivity contribution in [2.75, 3.05) is 37.6 Å². The van der Waals surface area contributed by atoms with Gasteiger partial charge in [0.25, 0.3) is 0 Å². The number of nitrogens with one attached hydrogen (secondary N) is 1. The van der Waals surface area contributed by atoms with Crippen molar-refractivity contribution in [1.29, 1.82) is 0 Å². The van der Waals surface area contributed by atoms with Crippen molar-refractivity contribution >= 4 is 11.8 Å². The fourth-order valence-electron chi connectivity index (χ4n) is 4.14. The highest BCUT2D eigenvalue weighted by atomic mass is 15.4. The summed E-state index contributed by atoms with van der Waals surface area (Å²) in [6, 6.07) is 16.6. The van der Waals surface area contributed by atoms with E-state index in [2.05, 4.69) is 75.9 Å². The quantitative estimate of drug-likeness (QED) is 0.480. The van der Waals surface area contributed by atoms with Crippen LogP contribution in [0.2, 0.25) is 0 Å². The Bertz CT molecular complexity index is 1020. The first-order chi connectivity index (χ1) is 15.7. The summed E-state index contributed by atoms with van der Waals surface area (Å²) in [4.78, 5) is 14.2. The minimum absolute atomic E-state index is 0.634. The minimum Gasteiger partial charge on any atom is -0.357 e. The van der Waals surface area contributed by atoms with Crippen molar-refractivity contribution in [3.05, 3.63) is 77.2 Å². The number of anilines is 1. The second-order valence-electron chi connectivity index (χ2n) is 8.12. The molecule has 0 amide bonds. The number of pyridine rings is 1. The van der Waals surface area contributed by atoms with Gasteiger partial charge >= 0.3 is 0 Å². The van der Waals surface area contributed by atoms with Crippen LogP contribution >= 0.6 is 0 Å². The van der Waals surface area contributed by atoms with Crippen molar-refractivity contribution in [2.24, 2.45) is 4.99 Å². The van der Waals surface area contributed by atoms with E-state index < -0.39 is 0 Å². The average molecular weight is 432 g/mol. The molecule has 1 aromatic carbocycles. The van der Waals surface area contributed by atoms with Crippen molar-refractivity contribution in [1.82, 2.24) is 25.0 Å². The maximum atomic E-state index is 4.99. The molecule has 3 aromatic rings. The van der Waals surface area contributed by atoms with Gasteiger partial charge in [-0.05, 0) is 38.5 Å². The van der Waals surface area contributed by atoms with E-state index in [0.29, 0.717) is 6.54 Å². The molecule has 1 fully saturated rings. The number of hydrogen-bond acceptors (Lipinski definition) is 4. The smallest absolute Gasteiger partial charge is 0.194 e. The van der Waals surface area contributed by atoms with E-state index in [1.807, 2.05) is 24.4 Å². The molecule has 1 saturated heterocycles. The second kappa shape index (κ2) is 10.3. The number of rotatable bonds is 6. The van der Waals surface area contributed by atoms with Crippen LogP contribution in [0, 0.1) is 13.8 Å². The molecule has 3 heterocycles. The van der Waals surface area contributed by atoms with Crippen molar-refractivity contribution < 1.29 is 0 Å². The van der Waals surface area contributed by atoms with Crippen molar-refractivity contribution in [2.45, 2.75) is 33.9 Å². The summed E-state index contributed by atoms with van der Waals surface area (Å²) in [6.45, 7) is 12.3. The van der Waals surface area contributed by atoms with Gasteiger partial charge in [0.2, 0.25) is 0 Å². The van der Waals surface area contributed by atoms with Crippen LogP contribution in [0.5, 0.6) is 0 Å². The number of guanidine groups is 1. The minimum atomic E-state index is 0.634. The van der Waals surface area contributed by atoms with Gasteiger partial charge in [0, 0.05) is 50.2 Å². The first-order valence-electron chi connectivity index (χ1n) is 11.4. The number of nitrogens with zero attached hydrogens (tertiary/aromatic N) is 6. The van der Waals surface area contributed by atoms with Gasteiger partial charge in [-0.25, -0.2) is 9.98 Å². The standard InChI is InChI=1S/C25H33N7/c1-4-26-25(31-16-14-30(15-17-31)24-12-8-9-13-27-24)28-18-23-20(2)29-32(21(23)3)19-22-10-6-5-7-11-22/h5-13H,4,14-19H2,1-3H3,(H,26,28). The number of aryl methyl sites for hydroxylation is 1. The van der Waals surface area contributed by atoms with Crippen LogP contribution < -0.4 is 10.2 Å². The van der Waals surface area contributed by atoms with Crippen LogP contribution in [-0.4, -0.2) is 58.3 Å². The van der Waals surface area contributed by atoms with Crippen molar-refractivity contribution in [3.63, 3.8) is 0 Å². The van der Waals surface area contributed by atoms with Crippen LogP contribution in [-0.2, 0) is 13.1 Å². The van der Waals surface area contributed by atoms with E-state index in [1.165, 1.54) is 16.8 Å². The van der Waals surface area contributed by atoms with Crippen LogP contribution in [0.1, 0.15) is 29.4 Å². The summed E-state index contributed by atoms with van der Waals surface area (Å²) in [5.41, 5.74) is 4.71. The zero-order valence-corrected chi connectivity index (χ0v) is 19.3. The van der Waals surface area contributed by atoms with E-state index in [1.54, 1.807) is 0 Å². The van der Waals surface area contributed by atoms with Gasteiger partial charge in [0.15, 0.2) is 5.96 Å². The summed E-state index contributed by atoms with van der Waals surface area (Å²) in [5.74, 6) is 2.02. The van der Waals surface area contributed by atoms with E-state index in [9.17, 15) is 0 Å². The Morgan fingerprint density at radius 1 is 1.00 bits per heavy atom. The molecule has 0 bridgehead atoms. The Morgan fingerprint density at radius 2 is 1.75 bits per heavy atom. The summed E-state index contributed by atoms with van der Waals surface area (Å²) >= 11 is 0. The first kappa shape index (κ1) is 21.9.